The lowest BCUT2D eigenvalue weighted by Gasteiger charge is -2.45. The largest absolute Gasteiger partial charge is 0.368 e. The smallest absolute Gasteiger partial charge is 0.0400 e. The fourth-order valence-electron chi connectivity index (χ4n) is 2.63. The molecule has 0 saturated carbocycles. The van der Waals surface area contributed by atoms with Crippen LogP contribution in [0.1, 0.15) is 5.56 Å². The third-order valence-electron chi connectivity index (χ3n) is 3.56. The van der Waals surface area contributed by atoms with E-state index >= 15 is 0 Å². The molecule has 14 heavy (non-hydrogen) atoms. The summed E-state index contributed by atoms with van der Waals surface area (Å²) >= 11 is 0. The molecule has 0 spiro atoms. The molecule has 1 aromatic carbocycles. The van der Waals surface area contributed by atoms with Crippen LogP contribution < -0.4 is 4.90 Å². The van der Waals surface area contributed by atoms with Crippen LogP contribution in [0.4, 0.5) is 5.69 Å². The van der Waals surface area contributed by atoms with Gasteiger partial charge in [-0.1, -0.05) is 18.2 Å². The summed E-state index contributed by atoms with van der Waals surface area (Å²) in [6.45, 7) is 3.61. The predicted octanol–water partition coefficient (Wildman–Crippen LogP) is 1.36. The molecule has 2 heterocycles. The van der Waals surface area contributed by atoms with Gasteiger partial charge in [0.15, 0.2) is 0 Å². The topological polar surface area (TPSA) is 6.48 Å². The molecule has 2 aliphatic rings. The van der Waals surface area contributed by atoms with E-state index in [1.165, 1.54) is 37.3 Å². The first-order valence-electron chi connectivity index (χ1n) is 5.38. The number of piperazine rings is 1. The fraction of sp³-hybridized carbons (Fsp3) is 0.500. The average Bonchev–Trinajstić information content (AvgIpc) is 2.24. The third kappa shape index (κ3) is 1.14. The van der Waals surface area contributed by atoms with E-state index in [-0.39, 0.29) is 0 Å². The van der Waals surface area contributed by atoms with Crippen molar-refractivity contribution in [3.8, 4) is 0 Å². The Bertz CT molecular complexity index is 348. The summed E-state index contributed by atoms with van der Waals surface area (Å²) in [6.07, 6.45) is 1.23. The highest BCUT2D eigenvalue weighted by Crippen LogP contribution is 2.30. The van der Waals surface area contributed by atoms with Gasteiger partial charge in [-0.3, -0.25) is 4.90 Å². The van der Waals surface area contributed by atoms with Crippen LogP contribution in [0.25, 0.3) is 0 Å². The number of hydrogen-bond acceptors (Lipinski definition) is 2. The van der Waals surface area contributed by atoms with Crippen LogP contribution in [0, 0.1) is 0 Å². The molecule has 3 rings (SSSR count). The average molecular weight is 188 g/mol. The molecular weight excluding hydrogens is 172 g/mol. The maximum Gasteiger partial charge on any atom is 0.0400 e. The van der Waals surface area contributed by atoms with Gasteiger partial charge in [-0.15, -0.1) is 0 Å². The van der Waals surface area contributed by atoms with E-state index in [2.05, 4.69) is 41.1 Å². The van der Waals surface area contributed by atoms with Crippen molar-refractivity contribution < 1.29 is 0 Å². The summed E-state index contributed by atoms with van der Waals surface area (Å²) in [5.74, 6) is 0. The van der Waals surface area contributed by atoms with Crippen molar-refractivity contribution in [2.45, 2.75) is 12.5 Å². The van der Waals surface area contributed by atoms with E-state index in [0.717, 1.165) is 6.04 Å². The second-order valence-corrected chi connectivity index (χ2v) is 4.41. The normalized spacial score (nSPS) is 26.1. The standard InChI is InChI=1S/C12H16N2/c1-13-6-7-14-9-11(13)8-10-4-2-3-5-12(10)14/h2-5,11H,6-9H2,1H3. The SMILES string of the molecule is CN1CCN2CC1Cc1ccccc12. The van der Waals surface area contributed by atoms with Gasteiger partial charge in [0.2, 0.25) is 0 Å². The van der Waals surface area contributed by atoms with Crippen LogP contribution in [0.5, 0.6) is 0 Å². The maximum atomic E-state index is 2.53. The van der Waals surface area contributed by atoms with E-state index in [4.69, 9.17) is 0 Å². The molecule has 2 nitrogen and oxygen atoms in total. The number of para-hydroxylation sites is 1. The first-order valence-corrected chi connectivity index (χ1v) is 5.38. The molecule has 1 fully saturated rings. The van der Waals surface area contributed by atoms with Crippen LogP contribution in [0.3, 0.4) is 0 Å². The van der Waals surface area contributed by atoms with E-state index in [1.54, 1.807) is 0 Å². The lowest BCUT2D eigenvalue weighted by atomic mass is 9.95. The Balaban J connectivity index is 2.02. The Morgan fingerprint density at radius 3 is 3.00 bits per heavy atom. The molecule has 0 aromatic heterocycles. The number of hydrogen-bond donors (Lipinski definition) is 0. The monoisotopic (exact) mass is 188 g/mol. The molecule has 1 unspecified atom stereocenters. The molecular formula is C12H16N2. The number of rotatable bonds is 0. The summed E-state index contributed by atoms with van der Waals surface area (Å²) < 4.78 is 0. The van der Waals surface area contributed by atoms with Crippen LogP contribution >= 0.6 is 0 Å². The highest BCUT2D eigenvalue weighted by atomic mass is 15.3. The van der Waals surface area contributed by atoms with Crippen molar-refractivity contribution in [3.05, 3.63) is 29.8 Å². The van der Waals surface area contributed by atoms with Crippen LogP contribution in [-0.4, -0.2) is 37.6 Å². The van der Waals surface area contributed by atoms with E-state index < -0.39 is 0 Å². The molecule has 0 amide bonds. The van der Waals surface area contributed by atoms with Gasteiger partial charge in [0.1, 0.15) is 0 Å². The van der Waals surface area contributed by atoms with E-state index in [0.29, 0.717) is 0 Å². The summed E-state index contributed by atoms with van der Waals surface area (Å²) in [7, 11) is 2.25. The lowest BCUT2D eigenvalue weighted by Crippen LogP contribution is -2.55. The number of likely N-dealkylation sites (N-methyl/N-ethyl adjacent to an activating group) is 1. The zero-order valence-corrected chi connectivity index (χ0v) is 8.61. The minimum atomic E-state index is 0.735. The number of nitrogens with zero attached hydrogens (tertiary/aromatic N) is 2. The fourth-order valence-corrected chi connectivity index (χ4v) is 2.63. The number of fused-ring (bicyclic) bond motifs is 4. The van der Waals surface area contributed by atoms with Crippen LogP contribution in [-0.2, 0) is 6.42 Å². The van der Waals surface area contributed by atoms with Crippen LogP contribution in [0.2, 0.25) is 0 Å². The Morgan fingerprint density at radius 2 is 2.07 bits per heavy atom. The van der Waals surface area contributed by atoms with Crippen molar-refractivity contribution in [1.82, 2.24) is 4.90 Å². The molecule has 2 heteroatoms. The Morgan fingerprint density at radius 1 is 1.21 bits per heavy atom. The van der Waals surface area contributed by atoms with Gasteiger partial charge in [-0.05, 0) is 25.1 Å². The molecule has 2 bridgehead atoms. The van der Waals surface area contributed by atoms with Gasteiger partial charge in [0.25, 0.3) is 0 Å². The lowest BCUT2D eigenvalue weighted by molar-refractivity contribution is 0.210. The second kappa shape index (κ2) is 2.99. The molecule has 0 radical (unpaired) electrons. The number of benzene rings is 1. The highest BCUT2D eigenvalue weighted by Gasteiger charge is 2.30. The zero-order valence-electron chi connectivity index (χ0n) is 8.61. The predicted molar refractivity (Wildman–Crippen MR) is 58.8 cm³/mol. The van der Waals surface area contributed by atoms with E-state index in [9.17, 15) is 0 Å². The summed E-state index contributed by atoms with van der Waals surface area (Å²) in [5, 5.41) is 0. The number of anilines is 1. The third-order valence-corrected chi connectivity index (χ3v) is 3.56. The summed E-state index contributed by atoms with van der Waals surface area (Å²) in [4.78, 5) is 5.02. The maximum absolute atomic E-state index is 2.53. The van der Waals surface area contributed by atoms with Crippen molar-refractivity contribution in [2.24, 2.45) is 0 Å². The minimum Gasteiger partial charge on any atom is -0.368 e. The van der Waals surface area contributed by atoms with Gasteiger partial charge in [0, 0.05) is 31.4 Å². The Hall–Kier alpha value is -1.02. The second-order valence-electron chi connectivity index (χ2n) is 4.41. The van der Waals surface area contributed by atoms with Gasteiger partial charge in [0.05, 0.1) is 0 Å². The van der Waals surface area contributed by atoms with Crippen molar-refractivity contribution in [2.75, 3.05) is 31.6 Å². The van der Waals surface area contributed by atoms with Gasteiger partial charge in [-0.2, -0.15) is 0 Å². The molecule has 0 aliphatic carbocycles. The van der Waals surface area contributed by atoms with Crippen LogP contribution in [0.15, 0.2) is 24.3 Å². The van der Waals surface area contributed by atoms with E-state index in [1.807, 2.05) is 0 Å². The Kier molecular flexibility index (Phi) is 1.77. The summed E-state index contributed by atoms with van der Waals surface area (Å²) in [5.41, 5.74) is 2.99. The molecule has 0 N–H and O–H groups in total. The quantitative estimate of drug-likeness (QED) is 0.606. The zero-order chi connectivity index (χ0) is 9.54. The summed E-state index contributed by atoms with van der Waals surface area (Å²) in [6, 6.07) is 9.57. The molecule has 74 valence electrons. The molecule has 1 atom stereocenters. The van der Waals surface area contributed by atoms with Gasteiger partial charge < -0.3 is 4.90 Å². The molecule has 2 aliphatic heterocycles. The molecule has 1 saturated heterocycles. The highest BCUT2D eigenvalue weighted by molar-refractivity contribution is 5.56. The minimum absolute atomic E-state index is 0.735. The first-order chi connectivity index (χ1) is 6.84. The van der Waals surface area contributed by atoms with Gasteiger partial charge in [-0.25, -0.2) is 0 Å². The van der Waals surface area contributed by atoms with Crippen molar-refractivity contribution in [1.29, 1.82) is 0 Å². The molecule has 1 aromatic rings. The van der Waals surface area contributed by atoms with Crippen molar-refractivity contribution in [3.63, 3.8) is 0 Å². The van der Waals surface area contributed by atoms with Gasteiger partial charge >= 0.3 is 0 Å². The van der Waals surface area contributed by atoms with Crippen molar-refractivity contribution >= 4 is 5.69 Å². The first kappa shape index (κ1) is 8.30. The Labute approximate surface area is 85.1 Å².